The molecule has 3 nitrogen and oxygen atoms in total. The van der Waals surface area contributed by atoms with E-state index in [4.69, 9.17) is 0 Å². The predicted molar refractivity (Wildman–Crippen MR) is 67.8 cm³/mol. The van der Waals surface area contributed by atoms with Crippen LogP contribution in [0.4, 0.5) is 11.4 Å². The van der Waals surface area contributed by atoms with Crippen molar-refractivity contribution in [3.8, 4) is 0 Å². The molecular formula is C13H14N2O. The van der Waals surface area contributed by atoms with Crippen LogP contribution in [0, 0.1) is 0 Å². The number of rotatable bonds is 2. The Hall–Kier alpha value is -2.03. The average molecular weight is 214 g/mol. The van der Waals surface area contributed by atoms with Crippen LogP contribution in [0.3, 0.4) is 0 Å². The van der Waals surface area contributed by atoms with Gasteiger partial charge in [0.25, 0.3) is 0 Å². The van der Waals surface area contributed by atoms with Gasteiger partial charge in [0.1, 0.15) is 0 Å². The Balaban J connectivity index is 2.43. The lowest BCUT2D eigenvalue weighted by Crippen LogP contribution is -2.05. The fourth-order valence-corrected chi connectivity index (χ4v) is 1.68. The number of amides is 1. The molecule has 2 aromatic rings. The predicted octanol–water partition coefficient (Wildman–Crippen LogP) is 2.84. The molecule has 0 aliphatic rings. The van der Waals surface area contributed by atoms with Crippen molar-refractivity contribution in [2.75, 3.05) is 17.7 Å². The van der Waals surface area contributed by atoms with E-state index in [1.165, 1.54) is 6.92 Å². The van der Waals surface area contributed by atoms with E-state index in [1.54, 1.807) is 0 Å². The summed E-state index contributed by atoms with van der Waals surface area (Å²) in [5, 5.41) is 8.14. The van der Waals surface area contributed by atoms with Crippen LogP contribution in [0.5, 0.6) is 0 Å². The molecule has 0 aliphatic carbocycles. The molecule has 0 saturated carbocycles. The standard InChI is InChI=1S/C13H14N2O/c1-9(16)15-13-6-4-10-7-12(14-2)5-3-11(10)8-13/h3-8,14H,1-2H3,(H,15,16). The molecular weight excluding hydrogens is 200 g/mol. The highest BCUT2D eigenvalue weighted by molar-refractivity contribution is 5.94. The van der Waals surface area contributed by atoms with Crippen molar-refractivity contribution >= 4 is 28.1 Å². The number of hydrogen-bond donors (Lipinski definition) is 2. The van der Waals surface area contributed by atoms with Crippen LogP contribution in [-0.4, -0.2) is 13.0 Å². The molecule has 0 radical (unpaired) electrons. The lowest BCUT2D eigenvalue weighted by atomic mass is 10.1. The van der Waals surface area contributed by atoms with Gasteiger partial charge in [-0.2, -0.15) is 0 Å². The first-order valence-corrected chi connectivity index (χ1v) is 5.18. The van der Waals surface area contributed by atoms with Crippen LogP contribution >= 0.6 is 0 Å². The van der Waals surface area contributed by atoms with E-state index >= 15 is 0 Å². The Morgan fingerprint density at radius 1 is 1.00 bits per heavy atom. The van der Waals surface area contributed by atoms with Gasteiger partial charge in [-0.05, 0) is 35.0 Å². The average Bonchev–Trinajstić information content (AvgIpc) is 2.27. The summed E-state index contributed by atoms with van der Waals surface area (Å²) in [7, 11) is 1.90. The monoisotopic (exact) mass is 214 g/mol. The SMILES string of the molecule is CNc1ccc2cc(NC(C)=O)ccc2c1. The lowest BCUT2D eigenvalue weighted by molar-refractivity contribution is -0.114. The third kappa shape index (κ3) is 2.14. The van der Waals surface area contributed by atoms with Crippen molar-refractivity contribution in [3.63, 3.8) is 0 Å². The van der Waals surface area contributed by atoms with Crippen LogP contribution in [0.15, 0.2) is 36.4 Å². The minimum absolute atomic E-state index is 0.0498. The Morgan fingerprint density at radius 2 is 1.56 bits per heavy atom. The first-order valence-electron chi connectivity index (χ1n) is 5.18. The van der Waals surface area contributed by atoms with Crippen molar-refractivity contribution in [1.82, 2.24) is 0 Å². The Labute approximate surface area is 94.5 Å². The van der Waals surface area contributed by atoms with Gasteiger partial charge in [0, 0.05) is 25.3 Å². The second-order valence-corrected chi connectivity index (χ2v) is 3.71. The molecule has 82 valence electrons. The summed E-state index contributed by atoms with van der Waals surface area (Å²) in [4.78, 5) is 10.9. The summed E-state index contributed by atoms with van der Waals surface area (Å²) >= 11 is 0. The zero-order valence-corrected chi connectivity index (χ0v) is 9.37. The van der Waals surface area contributed by atoms with Crippen LogP contribution in [0.2, 0.25) is 0 Å². The molecule has 2 N–H and O–H groups in total. The van der Waals surface area contributed by atoms with Crippen LogP contribution in [0.1, 0.15) is 6.92 Å². The second-order valence-electron chi connectivity index (χ2n) is 3.71. The van der Waals surface area contributed by atoms with E-state index in [0.29, 0.717) is 0 Å². The topological polar surface area (TPSA) is 41.1 Å². The molecule has 0 aromatic heterocycles. The Bertz CT molecular complexity index is 534. The largest absolute Gasteiger partial charge is 0.388 e. The number of anilines is 2. The number of nitrogens with one attached hydrogen (secondary N) is 2. The van der Waals surface area contributed by atoms with E-state index < -0.39 is 0 Å². The third-order valence-corrected chi connectivity index (χ3v) is 2.45. The molecule has 0 atom stereocenters. The maximum absolute atomic E-state index is 10.9. The molecule has 3 heteroatoms. The van der Waals surface area contributed by atoms with E-state index in [9.17, 15) is 4.79 Å². The second kappa shape index (κ2) is 4.23. The maximum atomic E-state index is 10.9. The molecule has 0 bridgehead atoms. The zero-order valence-electron chi connectivity index (χ0n) is 9.37. The summed E-state index contributed by atoms with van der Waals surface area (Å²) < 4.78 is 0. The smallest absolute Gasteiger partial charge is 0.221 e. The Morgan fingerprint density at radius 3 is 2.12 bits per heavy atom. The molecule has 0 fully saturated rings. The number of carbonyl (C=O) groups excluding carboxylic acids is 1. The fraction of sp³-hybridized carbons (Fsp3) is 0.154. The highest BCUT2D eigenvalue weighted by Gasteiger charge is 1.99. The first-order chi connectivity index (χ1) is 7.69. The van der Waals surface area contributed by atoms with E-state index in [-0.39, 0.29) is 5.91 Å². The highest BCUT2D eigenvalue weighted by atomic mass is 16.1. The summed E-state index contributed by atoms with van der Waals surface area (Å²) in [6, 6.07) is 12.0. The molecule has 2 rings (SSSR count). The Kier molecular flexibility index (Phi) is 2.77. The van der Waals surface area contributed by atoms with Gasteiger partial charge in [-0.15, -0.1) is 0 Å². The van der Waals surface area contributed by atoms with Crippen LogP contribution < -0.4 is 10.6 Å². The molecule has 0 aliphatic heterocycles. The summed E-state index contributed by atoms with van der Waals surface area (Å²) in [5.41, 5.74) is 1.91. The van der Waals surface area contributed by atoms with Gasteiger partial charge < -0.3 is 10.6 Å². The zero-order chi connectivity index (χ0) is 11.5. The minimum atomic E-state index is -0.0498. The quantitative estimate of drug-likeness (QED) is 0.807. The van der Waals surface area contributed by atoms with Gasteiger partial charge in [0.05, 0.1) is 0 Å². The van der Waals surface area contributed by atoms with Crippen molar-refractivity contribution in [1.29, 1.82) is 0 Å². The van der Waals surface area contributed by atoms with Gasteiger partial charge in [0.15, 0.2) is 0 Å². The molecule has 0 saturated heterocycles. The third-order valence-electron chi connectivity index (χ3n) is 2.45. The van der Waals surface area contributed by atoms with Gasteiger partial charge >= 0.3 is 0 Å². The van der Waals surface area contributed by atoms with Gasteiger partial charge in [-0.1, -0.05) is 12.1 Å². The number of fused-ring (bicyclic) bond motifs is 1. The summed E-state index contributed by atoms with van der Waals surface area (Å²) in [6.07, 6.45) is 0. The molecule has 0 spiro atoms. The minimum Gasteiger partial charge on any atom is -0.388 e. The van der Waals surface area contributed by atoms with Crippen LogP contribution in [0.25, 0.3) is 10.8 Å². The van der Waals surface area contributed by atoms with Crippen LogP contribution in [-0.2, 0) is 4.79 Å². The molecule has 2 aromatic carbocycles. The molecule has 0 heterocycles. The number of benzene rings is 2. The van der Waals surface area contributed by atoms with E-state index in [0.717, 1.165) is 22.1 Å². The maximum Gasteiger partial charge on any atom is 0.221 e. The van der Waals surface area contributed by atoms with Crippen molar-refractivity contribution in [3.05, 3.63) is 36.4 Å². The number of hydrogen-bond acceptors (Lipinski definition) is 2. The van der Waals surface area contributed by atoms with Crippen molar-refractivity contribution < 1.29 is 4.79 Å². The van der Waals surface area contributed by atoms with Gasteiger partial charge in [-0.3, -0.25) is 4.79 Å². The summed E-state index contributed by atoms with van der Waals surface area (Å²) in [6.45, 7) is 1.51. The highest BCUT2D eigenvalue weighted by Crippen LogP contribution is 2.22. The number of carbonyl (C=O) groups is 1. The lowest BCUT2D eigenvalue weighted by Gasteiger charge is -2.06. The first kappa shape index (κ1) is 10.5. The van der Waals surface area contributed by atoms with Gasteiger partial charge in [0.2, 0.25) is 5.91 Å². The molecule has 1 amide bonds. The normalized spacial score (nSPS) is 10.1. The van der Waals surface area contributed by atoms with E-state index in [1.807, 2.05) is 37.4 Å². The fourth-order valence-electron chi connectivity index (χ4n) is 1.68. The van der Waals surface area contributed by atoms with E-state index in [2.05, 4.69) is 16.7 Å². The molecule has 0 unspecified atom stereocenters. The van der Waals surface area contributed by atoms with Crippen molar-refractivity contribution in [2.24, 2.45) is 0 Å². The van der Waals surface area contributed by atoms with Gasteiger partial charge in [-0.25, -0.2) is 0 Å². The molecule has 16 heavy (non-hydrogen) atoms. The summed E-state index contributed by atoms with van der Waals surface area (Å²) in [5.74, 6) is -0.0498. The van der Waals surface area contributed by atoms with Crippen molar-refractivity contribution in [2.45, 2.75) is 6.92 Å².